The number of benzene rings is 1. The van der Waals surface area contributed by atoms with Gasteiger partial charge in [-0.1, -0.05) is 36.9 Å². The molecule has 1 saturated carbocycles. The topological polar surface area (TPSA) is 28.0 Å². The molecule has 0 N–H and O–H groups in total. The first-order chi connectivity index (χ1) is 10.5. The molecule has 3 rings (SSSR count). The zero-order valence-corrected chi connectivity index (χ0v) is 12.4. The van der Waals surface area contributed by atoms with Gasteiger partial charge in [-0.25, -0.2) is 13.8 Å². The molecule has 0 radical (unpaired) electrons. The molecule has 1 aliphatic carbocycles. The van der Waals surface area contributed by atoms with Crippen LogP contribution < -0.4 is 0 Å². The Morgan fingerprint density at radius 3 is 2.55 bits per heavy atom. The van der Waals surface area contributed by atoms with Gasteiger partial charge in [0.15, 0.2) is 5.84 Å². The highest BCUT2D eigenvalue weighted by Crippen LogP contribution is 2.46. The molecular formula is C17H19F2N3. The molecule has 1 heterocycles. The van der Waals surface area contributed by atoms with Gasteiger partial charge in [0.1, 0.15) is 11.8 Å². The van der Waals surface area contributed by atoms with E-state index in [0.29, 0.717) is 19.3 Å². The number of amidine groups is 1. The van der Waals surface area contributed by atoms with E-state index < -0.39 is 11.8 Å². The largest absolute Gasteiger partial charge is 0.284 e. The summed E-state index contributed by atoms with van der Waals surface area (Å²) in [5.41, 5.74) is -0.171. The molecule has 116 valence electrons. The second kappa shape index (κ2) is 5.63. The van der Waals surface area contributed by atoms with Gasteiger partial charge in [-0.05, 0) is 25.1 Å². The standard InChI is InChI=1S/C17H19F2N3/c1-12(17(19)8-9-17)16(20-2)21-22-11-14(18)10-15(22)13-6-4-3-5-7-13/h3-7,14-15H,1-2,8-11H2/b21-16-. The molecule has 2 unspecified atom stereocenters. The van der Waals surface area contributed by atoms with E-state index in [1.165, 1.54) is 0 Å². The van der Waals surface area contributed by atoms with Crippen molar-refractivity contribution >= 4 is 12.6 Å². The Labute approximate surface area is 129 Å². The van der Waals surface area contributed by atoms with Gasteiger partial charge in [0.2, 0.25) is 0 Å². The Hall–Kier alpha value is -2.04. The lowest BCUT2D eigenvalue weighted by atomic mass is 10.1. The van der Waals surface area contributed by atoms with Gasteiger partial charge >= 0.3 is 0 Å². The van der Waals surface area contributed by atoms with E-state index in [2.05, 4.69) is 23.4 Å². The first-order valence-electron chi connectivity index (χ1n) is 7.43. The third kappa shape index (κ3) is 2.80. The van der Waals surface area contributed by atoms with Gasteiger partial charge in [0.25, 0.3) is 0 Å². The summed E-state index contributed by atoms with van der Waals surface area (Å²) in [6, 6.07) is 9.45. The average molecular weight is 303 g/mol. The normalized spacial score (nSPS) is 26.8. The van der Waals surface area contributed by atoms with Crippen molar-refractivity contribution in [2.75, 3.05) is 6.54 Å². The number of rotatable bonds is 4. The fraction of sp³-hybridized carbons (Fsp3) is 0.412. The van der Waals surface area contributed by atoms with Crippen LogP contribution in [0.25, 0.3) is 0 Å². The summed E-state index contributed by atoms with van der Waals surface area (Å²) in [4.78, 5) is 3.81. The average Bonchev–Trinajstić information content (AvgIpc) is 3.17. The predicted octanol–water partition coefficient (Wildman–Crippen LogP) is 3.84. The molecule has 22 heavy (non-hydrogen) atoms. The predicted molar refractivity (Wildman–Crippen MR) is 84.6 cm³/mol. The van der Waals surface area contributed by atoms with Crippen molar-refractivity contribution in [2.24, 2.45) is 10.1 Å². The van der Waals surface area contributed by atoms with Crippen LogP contribution in [0, 0.1) is 0 Å². The van der Waals surface area contributed by atoms with Gasteiger partial charge in [0.05, 0.1) is 12.6 Å². The lowest BCUT2D eigenvalue weighted by molar-refractivity contribution is 0.256. The van der Waals surface area contributed by atoms with Crippen molar-refractivity contribution in [3.05, 3.63) is 48.0 Å². The molecule has 1 saturated heterocycles. The molecule has 0 aromatic heterocycles. The Balaban J connectivity index is 1.86. The zero-order valence-electron chi connectivity index (χ0n) is 12.4. The first-order valence-corrected chi connectivity index (χ1v) is 7.43. The number of hydrogen-bond donors (Lipinski definition) is 0. The summed E-state index contributed by atoms with van der Waals surface area (Å²) in [5, 5.41) is 5.99. The molecule has 1 aliphatic heterocycles. The zero-order chi connectivity index (χ0) is 15.7. The van der Waals surface area contributed by atoms with Crippen LogP contribution in [-0.4, -0.2) is 35.9 Å². The lowest BCUT2D eigenvalue weighted by Gasteiger charge is -2.22. The highest BCUT2D eigenvalue weighted by Gasteiger charge is 2.48. The Morgan fingerprint density at radius 1 is 1.27 bits per heavy atom. The maximum absolute atomic E-state index is 14.1. The van der Waals surface area contributed by atoms with Crippen LogP contribution in [0.5, 0.6) is 0 Å². The summed E-state index contributed by atoms with van der Waals surface area (Å²) in [6.45, 7) is 7.38. The molecule has 2 fully saturated rings. The molecule has 1 aromatic carbocycles. The molecule has 2 aliphatic rings. The van der Waals surface area contributed by atoms with E-state index in [-0.39, 0.29) is 24.0 Å². The lowest BCUT2D eigenvalue weighted by Crippen LogP contribution is -2.22. The maximum Gasteiger partial charge on any atom is 0.177 e. The smallest absolute Gasteiger partial charge is 0.177 e. The first kappa shape index (κ1) is 14.9. The number of alkyl halides is 2. The van der Waals surface area contributed by atoms with E-state index in [1.807, 2.05) is 30.3 Å². The molecule has 2 atom stereocenters. The van der Waals surface area contributed by atoms with E-state index in [9.17, 15) is 8.78 Å². The van der Waals surface area contributed by atoms with Crippen LogP contribution in [-0.2, 0) is 0 Å². The molecule has 3 nitrogen and oxygen atoms in total. The maximum atomic E-state index is 14.1. The van der Waals surface area contributed by atoms with Crippen molar-refractivity contribution in [3.8, 4) is 0 Å². The van der Waals surface area contributed by atoms with Crippen LogP contribution in [0.1, 0.15) is 30.9 Å². The van der Waals surface area contributed by atoms with Crippen LogP contribution in [0.2, 0.25) is 0 Å². The SMILES string of the molecule is C=N/C(=N\N1CC(F)CC1c1ccccc1)C(=C)C1(F)CC1. The third-order valence-corrected chi connectivity index (χ3v) is 4.28. The summed E-state index contributed by atoms with van der Waals surface area (Å²) >= 11 is 0. The van der Waals surface area contributed by atoms with E-state index in [4.69, 9.17) is 0 Å². The minimum atomic E-state index is -1.41. The third-order valence-electron chi connectivity index (χ3n) is 4.28. The number of hydrogen-bond acceptors (Lipinski definition) is 2. The summed E-state index contributed by atoms with van der Waals surface area (Å²) in [7, 11) is 0. The van der Waals surface area contributed by atoms with Gasteiger partial charge in [-0.15, -0.1) is 0 Å². The Bertz CT molecular complexity index is 608. The monoisotopic (exact) mass is 303 g/mol. The van der Waals surface area contributed by atoms with Gasteiger partial charge < -0.3 is 0 Å². The second-order valence-corrected chi connectivity index (χ2v) is 5.91. The van der Waals surface area contributed by atoms with Crippen molar-refractivity contribution in [3.63, 3.8) is 0 Å². The van der Waals surface area contributed by atoms with Crippen LogP contribution in [0.3, 0.4) is 0 Å². The molecular weight excluding hydrogens is 284 g/mol. The minimum absolute atomic E-state index is 0.171. The minimum Gasteiger partial charge on any atom is -0.284 e. The van der Waals surface area contributed by atoms with Crippen LogP contribution in [0.4, 0.5) is 8.78 Å². The second-order valence-electron chi connectivity index (χ2n) is 5.91. The van der Waals surface area contributed by atoms with Crippen molar-refractivity contribution < 1.29 is 8.78 Å². The van der Waals surface area contributed by atoms with Crippen molar-refractivity contribution in [2.45, 2.75) is 37.1 Å². The number of aliphatic imine (C=N–C) groups is 1. The summed E-state index contributed by atoms with van der Waals surface area (Å²) < 4.78 is 28.0. The Morgan fingerprint density at radius 2 is 1.95 bits per heavy atom. The van der Waals surface area contributed by atoms with Gasteiger partial charge in [0, 0.05) is 12.0 Å². The fourth-order valence-electron chi connectivity index (χ4n) is 2.78. The Kier molecular flexibility index (Phi) is 3.81. The molecule has 5 heteroatoms. The number of halogens is 2. The van der Waals surface area contributed by atoms with E-state index in [1.54, 1.807) is 5.01 Å². The molecule has 1 aromatic rings. The highest BCUT2D eigenvalue weighted by atomic mass is 19.1. The highest BCUT2D eigenvalue weighted by molar-refractivity contribution is 6.02. The van der Waals surface area contributed by atoms with Crippen molar-refractivity contribution in [1.29, 1.82) is 0 Å². The molecule has 0 bridgehead atoms. The number of nitrogens with zero attached hydrogens (tertiary/aromatic N) is 3. The number of hydrazone groups is 1. The van der Waals surface area contributed by atoms with E-state index >= 15 is 0 Å². The van der Waals surface area contributed by atoms with Crippen molar-refractivity contribution in [1.82, 2.24) is 5.01 Å². The fourth-order valence-corrected chi connectivity index (χ4v) is 2.78. The molecule has 0 amide bonds. The van der Waals surface area contributed by atoms with Gasteiger partial charge in [-0.3, -0.25) is 5.01 Å². The summed E-state index contributed by atoms with van der Waals surface area (Å²) in [6.07, 6.45) is 0.279. The van der Waals surface area contributed by atoms with Crippen LogP contribution >= 0.6 is 0 Å². The quantitative estimate of drug-likeness (QED) is 0.613. The van der Waals surface area contributed by atoms with Gasteiger partial charge in [-0.2, -0.15) is 5.10 Å². The van der Waals surface area contributed by atoms with E-state index in [0.717, 1.165) is 5.56 Å². The summed E-state index contributed by atoms with van der Waals surface area (Å²) in [5.74, 6) is 0.176. The van der Waals surface area contributed by atoms with Crippen LogP contribution in [0.15, 0.2) is 52.6 Å². The molecule has 0 spiro atoms.